The summed E-state index contributed by atoms with van der Waals surface area (Å²) in [6.45, 7) is 0. The van der Waals surface area contributed by atoms with Crippen molar-refractivity contribution < 1.29 is 14.0 Å². The van der Waals surface area contributed by atoms with Crippen molar-refractivity contribution in [1.82, 2.24) is 10.2 Å². The van der Waals surface area contributed by atoms with Crippen molar-refractivity contribution in [3.63, 3.8) is 0 Å². The number of rotatable bonds is 2. The van der Waals surface area contributed by atoms with Crippen molar-refractivity contribution in [3.8, 4) is 0 Å². The zero-order valence-electron chi connectivity index (χ0n) is 9.48. The number of nitrogens with one attached hydrogen (secondary N) is 1. The molecule has 2 rings (SSSR count). The quantitative estimate of drug-likeness (QED) is 0.836. The van der Waals surface area contributed by atoms with E-state index in [0.717, 1.165) is 0 Å². The van der Waals surface area contributed by atoms with Crippen molar-refractivity contribution in [3.05, 3.63) is 47.4 Å². The van der Waals surface area contributed by atoms with E-state index < -0.39 is 11.3 Å². The molecule has 0 fully saturated rings. The van der Waals surface area contributed by atoms with Gasteiger partial charge in [-0.15, -0.1) is 0 Å². The minimum atomic E-state index is -0.656. The van der Waals surface area contributed by atoms with Crippen molar-refractivity contribution >= 4 is 22.9 Å². The van der Waals surface area contributed by atoms with E-state index in [1.54, 1.807) is 0 Å². The Hall–Kier alpha value is -1.88. The smallest absolute Gasteiger partial charge is 0.321 e. The fourth-order valence-electron chi connectivity index (χ4n) is 1.73. The van der Waals surface area contributed by atoms with Gasteiger partial charge in [0.05, 0.1) is 11.6 Å². The molecule has 1 aliphatic heterocycles. The van der Waals surface area contributed by atoms with E-state index in [1.807, 2.05) is 0 Å². The summed E-state index contributed by atoms with van der Waals surface area (Å²) in [5, 5.41) is 1.97. The Balaban J connectivity index is 2.41. The second kappa shape index (κ2) is 4.78. The number of hydrogen-bond donors (Lipinski definition) is 1. The summed E-state index contributed by atoms with van der Waals surface area (Å²) in [5.41, 5.74) is 0.837. The molecule has 18 heavy (non-hydrogen) atoms. The standard InChI is InChI=1S/C12H10ClFN2O2/c1-16-6-9(11(13)17)10(15-12(16)18)7-2-4-8(14)5-3-7/h2-6,10H,1H3,(H,15,18). The highest BCUT2D eigenvalue weighted by atomic mass is 35.5. The first-order valence-corrected chi connectivity index (χ1v) is 5.57. The summed E-state index contributed by atoms with van der Waals surface area (Å²) in [6, 6.07) is 4.51. The van der Waals surface area contributed by atoms with Gasteiger partial charge < -0.3 is 10.2 Å². The van der Waals surface area contributed by atoms with E-state index in [9.17, 15) is 14.0 Å². The van der Waals surface area contributed by atoms with Gasteiger partial charge in [0.25, 0.3) is 5.24 Å². The van der Waals surface area contributed by atoms with Crippen LogP contribution >= 0.6 is 11.6 Å². The first-order chi connectivity index (χ1) is 8.49. The van der Waals surface area contributed by atoms with Crippen LogP contribution in [0.2, 0.25) is 0 Å². The molecule has 1 N–H and O–H groups in total. The Morgan fingerprint density at radius 1 is 1.39 bits per heavy atom. The van der Waals surface area contributed by atoms with Crippen LogP contribution in [0, 0.1) is 5.82 Å². The maximum absolute atomic E-state index is 12.8. The van der Waals surface area contributed by atoms with E-state index in [-0.39, 0.29) is 17.4 Å². The molecule has 0 bridgehead atoms. The summed E-state index contributed by atoms with van der Waals surface area (Å²) in [7, 11) is 1.51. The first-order valence-electron chi connectivity index (χ1n) is 5.19. The largest absolute Gasteiger partial charge is 0.327 e. The molecule has 94 valence electrons. The minimum absolute atomic E-state index is 0.241. The normalized spacial score (nSPS) is 19.3. The van der Waals surface area contributed by atoms with Crippen LogP contribution in [-0.4, -0.2) is 23.2 Å². The summed E-state index contributed by atoms with van der Waals surface area (Å²) < 4.78 is 12.8. The molecule has 6 heteroatoms. The summed E-state index contributed by atoms with van der Waals surface area (Å²) in [4.78, 5) is 24.1. The van der Waals surface area contributed by atoms with Crippen molar-refractivity contribution in [2.75, 3.05) is 7.05 Å². The van der Waals surface area contributed by atoms with E-state index in [4.69, 9.17) is 11.6 Å². The molecule has 2 amide bonds. The van der Waals surface area contributed by atoms with Crippen molar-refractivity contribution in [2.24, 2.45) is 0 Å². The van der Waals surface area contributed by atoms with Gasteiger partial charge in [0, 0.05) is 13.2 Å². The number of benzene rings is 1. The zero-order chi connectivity index (χ0) is 13.3. The molecule has 0 saturated carbocycles. The third-order valence-corrected chi connectivity index (χ3v) is 2.88. The van der Waals surface area contributed by atoms with Crippen LogP contribution in [0.25, 0.3) is 0 Å². The highest BCUT2D eigenvalue weighted by molar-refractivity contribution is 6.67. The fraction of sp³-hybridized carbons (Fsp3) is 0.167. The Morgan fingerprint density at radius 2 is 2.00 bits per heavy atom. The fourth-order valence-corrected chi connectivity index (χ4v) is 1.89. The second-order valence-electron chi connectivity index (χ2n) is 3.90. The molecular formula is C12H10ClFN2O2. The van der Waals surface area contributed by atoms with Crippen LogP contribution in [0.5, 0.6) is 0 Å². The molecule has 0 radical (unpaired) electrons. The molecule has 4 nitrogen and oxygen atoms in total. The third-order valence-electron chi connectivity index (χ3n) is 2.66. The monoisotopic (exact) mass is 268 g/mol. The van der Waals surface area contributed by atoms with Crippen LogP contribution in [0.15, 0.2) is 36.0 Å². The van der Waals surface area contributed by atoms with Gasteiger partial charge >= 0.3 is 6.03 Å². The lowest BCUT2D eigenvalue weighted by atomic mass is 9.99. The summed E-state index contributed by atoms with van der Waals surface area (Å²) in [5.74, 6) is -0.388. The van der Waals surface area contributed by atoms with Gasteiger partial charge in [-0.2, -0.15) is 0 Å². The third kappa shape index (κ3) is 2.36. The summed E-state index contributed by atoms with van der Waals surface area (Å²) in [6.07, 6.45) is 1.38. The molecule has 1 atom stereocenters. The van der Waals surface area contributed by atoms with E-state index in [1.165, 1.54) is 42.4 Å². The van der Waals surface area contributed by atoms with Crippen LogP contribution in [0.1, 0.15) is 11.6 Å². The molecule has 0 saturated heterocycles. The Labute approximate surface area is 108 Å². The number of carbonyl (C=O) groups is 2. The molecule has 1 aromatic carbocycles. The molecule has 1 unspecified atom stereocenters. The van der Waals surface area contributed by atoms with Crippen LogP contribution in [0.3, 0.4) is 0 Å². The number of carbonyl (C=O) groups excluding carboxylic acids is 2. The van der Waals surface area contributed by atoms with Gasteiger partial charge in [-0.3, -0.25) is 4.79 Å². The number of urea groups is 1. The lowest BCUT2D eigenvalue weighted by Crippen LogP contribution is -2.42. The predicted octanol–water partition coefficient (Wildman–Crippen LogP) is 2.17. The molecule has 1 aliphatic rings. The minimum Gasteiger partial charge on any atom is -0.327 e. The van der Waals surface area contributed by atoms with E-state index in [2.05, 4.69) is 5.32 Å². The summed E-state index contributed by atoms with van der Waals surface area (Å²) >= 11 is 5.49. The number of nitrogens with zero attached hydrogens (tertiary/aromatic N) is 1. The Bertz CT molecular complexity index is 527. The van der Waals surface area contributed by atoms with Crippen LogP contribution < -0.4 is 5.32 Å². The van der Waals surface area contributed by atoms with Crippen molar-refractivity contribution in [2.45, 2.75) is 6.04 Å². The predicted molar refractivity (Wildman–Crippen MR) is 64.4 cm³/mol. The van der Waals surface area contributed by atoms with Gasteiger partial charge in [-0.05, 0) is 29.3 Å². The zero-order valence-corrected chi connectivity index (χ0v) is 10.2. The molecule has 1 heterocycles. The SMILES string of the molecule is CN1C=C(C(=O)Cl)C(c2ccc(F)cc2)NC1=O. The molecule has 1 aromatic rings. The molecular weight excluding hydrogens is 259 g/mol. The van der Waals surface area contributed by atoms with Gasteiger partial charge in [-0.25, -0.2) is 9.18 Å². The maximum atomic E-state index is 12.8. The highest BCUT2D eigenvalue weighted by Crippen LogP contribution is 2.27. The van der Waals surface area contributed by atoms with Crippen molar-refractivity contribution in [1.29, 1.82) is 0 Å². The Kier molecular flexibility index (Phi) is 3.34. The Morgan fingerprint density at radius 3 is 2.56 bits per heavy atom. The lowest BCUT2D eigenvalue weighted by molar-refractivity contribution is -0.109. The topological polar surface area (TPSA) is 49.4 Å². The number of amides is 2. The van der Waals surface area contributed by atoms with Crippen LogP contribution in [-0.2, 0) is 4.79 Å². The number of hydrogen-bond acceptors (Lipinski definition) is 2. The molecule has 0 aliphatic carbocycles. The average Bonchev–Trinajstić information content (AvgIpc) is 2.33. The van der Waals surface area contributed by atoms with E-state index in [0.29, 0.717) is 5.56 Å². The van der Waals surface area contributed by atoms with Gasteiger partial charge in [-0.1, -0.05) is 12.1 Å². The first kappa shape index (κ1) is 12.6. The molecule has 0 spiro atoms. The average molecular weight is 269 g/mol. The number of halogens is 2. The lowest BCUT2D eigenvalue weighted by Gasteiger charge is -2.28. The highest BCUT2D eigenvalue weighted by Gasteiger charge is 2.29. The van der Waals surface area contributed by atoms with Crippen LogP contribution in [0.4, 0.5) is 9.18 Å². The van der Waals surface area contributed by atoms with E-state index >= 15 is 0 Å². The van der Waals surface area contributed by atoms with Gasteiger partial charge in [0.15, 0.2) is 0 Å². The van der Waals surface area contributed by atoms with Gasteiger partial charge in [0.1, 0.15) is 5.82 Å². The maximum Gasteiger partial charge on any atom is 0.321 e. The second-order valence-corrected chi connectivity index (χ2v) is 4.25. The van der Waals surface area contributed by atoms with Gasteiger partial charge in [0.2, 0.25) is 0 Å². The molecule has 0 aromatic heterocycles.